The van der Waals surface area contributed by atoms with Crippen LogP contribution in [0, 0.1) is 0 Å². The number of alkyl halides is 1. The highest BCUT2D eigenvalue weighted by Gasteiger charge is 2.06. The number of nitrogens with one attached hydrogen (secondary N) is 1. The summed E-state index contributed by atoms with van der Waals surface area (Å²) < 4.78 is 0. The van der Waals surface area contributed by atoms with Gasteiger partial charge in [-0.2, -0.15) is 0 Å². The first-order valence-corrected chi connectivity index (χ1v) is 5.55. The highest BCUT2D eigenvalue weighted by molar-refractivity contribution is 6.16. The van der Waals surface area contributed by atoms with Gasteiger partial charge >= 0.3 is 0 Å². The van der Waals surface area contributed by atoms with Crippen LogP contribution in [0.25, 0.3) is 0 Å². The van der Waals surface area contributed by atoms with Crippen molar-refractivity contribution in [1.29, 1.82) is 0 Å². The maximum atomic E-state index is 11.8. The lowest BCUT2D eigenvalue weighted by atomic mass is 10.2. The fourth-order valence-corrected chi connectivity index (χ4v) is 1.44. The van der Waals surface area contributed by atoms with E-state index in [0.29, 0.717) is 17.1 Å². The Kier molecular flexibility index (Phi) is 3.67. The summed E-state index contributed by atoms with van der Waals surface area (Å²) in [5.41, 5.74) is 1.88. The third-order valence-corrected chi connectivity index (χ3v) is 2.42. The Morgan fingerprint density at radius 3 is 2.76 bits per heavy atom. The molecule has 2 heterocycles. The first-order chi connectivity index (χ1) is 8.29. The van der Waals surface area contributed by atoms with Crippen molar-refractivity contribution in [2.45, 2.75) is 5.88 Å². The molecule has 0 aliphatic carbocycles. The highest BCUT2D eigenvalue weighted by atomic mass is 35.5. The van der Waals surface area contributed by atoms with E-state index in [2.05, 4.69) is 15.3 Å². The fourth-order valence-electron chi connectivity index (χ4n) is 1.28. The number of nitrogens with zero attached hydrogens (tertiary/aromatic N) is 2. The first-order valence-electron chi connectivity index (χ1n) is 5.02. The largest absolute Gasteiger partial charge is 0.321 e. The lowest BCUT2D eigenvalue weighted by Gasteiger charge is -2.04. The van der Waals surface area contributed by atoms with Crippen molar-refractivity contribution in [2.75, 3.05) is 5.32 Å². The SMILES string of the molecule is O=C(Nc1cccnc1)c1ccc(CCl)nc1. The van der Waals surface area contributed by atoms with E-state index in [1.54, 1.807) is 36.7 Å². The first kappa shape index (κ1) is 11.5. The van der Waals surface area contributed by atoms with Crippen LogP contribution in [0.2, 0.25) is 0 Å². The summed E-state index contributed by atoms with van der Waals surface area (Å²) in [5.74, 6) is 0.122. The molecule has 86 valence electrons. The van der Waals surface area contributed by atoms with Gasteiger partial charge in [-0.3, -0.25) is 14.8 Å². The van der Waals surface area contributed by atoms with Gasteiger partial charge in [0.1, 0.15) is 0 Å². The molecule has 2 aromatic rings. The minimum atomic E-state index is -0.216. The van der Waals surface area contributed by atoms with Crippen molar-refractivity contribution in [3.05, 3.63) is 54.1 Å². The van der Waals surface area contributed by atoms with Gasteiger partial charge in [0.15, 0.2) is 0 Å². The van der Waals surface area contributed by atoms with E-state index in [0.717, 1.165) is 5.69 Å². The standard InChI is InChI=1S/C12H10ClN3O/c13-6-10-4-3-9(7-15-10)12(17)16-11-2-1-5-14-8-11/h1-5,7-8H,6H2,(H,16,17). The zero-order chi connectivity index (χ0) is 12.1. The van der Waals surface area contributed by atoms with Crippen LogP contribution in [-0.2, 0) is 5.88 Å². The van der Waals surface area contributed by atoms with Gasteiger partial charge in [-0.1, -0.05) is 0 Å². The maximum absolute atomic E-state index is 11.8. The molecule has 1 amide bonds. The zero-order valence-electron chi connectivity index (χ0n) is 8.93. The van der Waals surface area contributed by atoms with Crippen LogP contribution in [-0.4, -0.2) is 15.9 Å². The Bertz CT molecular complexity index is 499. The predicted molar refractivity (Wildman–Crippen MR) is 66.0 cm³/mol. The molecular weight excluding hydrogens is 238 g/mol. The second-order valence-corrected chi connectivity index (χ2v) is 3.63. The lowest BCUT2D eigenvalue weighted by molar-refractivity contribution is 0.102. The Morgan fingerprint density at radius 1 is 1.29 bits per heavy atom. The Balaban J connectivity index is 2.09. The van der Waals surface area contributed by atoms with E-state index in [1.807, 2.05) is 0 Å². The molecule has 0 aromatic carbocycles. The fraction of sp³-hybridized carbons (Fsp3) is 0.0833. The Morgan fingerprint density at radius 2 is 2.18 bits per heavy atom. The summed E-state index contributed by atoms with van der Waals surface area (Å²) in [6, 6.07) is 6.94. The molecule has 0 aliphatic rings. The second-order valence-electron chi connectivity index (χ2n) is 3.37. The summed E-state index contributed by atoms with van der Waals surface area (Å²) in [6.45, 7) is 0. The number of rotatable bonds is 3. The minimum Gasteiger partial charge on any atom is -0.321 e. The average Bonchev–Trinajstić information content (AvgIpc) is 2.40. The molecule has 0 bridgehead atoms. The summed E-state index contributed by atoms with van der Waals surface area (Å²) in [4.78, 5) is 19.8. The molecule has 4 nitrogen and oxygen atoms in total. The number of amides is 1. The number of hydrogen-bond acceptors (Lipinski definition) is 3. The van der Waals surface area contributed by atoms with Crippen molar-refractivity contribution < 1.29 is 4.79 Å². The van der Waals surface area contributed by atoms with E-state index >= 15 is 0 Å². The molecule has 0 spiro atoms. The van der Waals surface area contributed by atoms with Gasteiger partial charge in [-0.15, -0.1) is 11.6 Å². The van der Waals surface area contributed by atoms with Crippen molar-refractivity contribution in [3.8, 4) is 0 Å². The molecule has 1 N–H and O–H groups in total. The lowest BCUT2D eigenvalue weighted by Crippen LogP contribution is -2.12. The number of carbonyl (C=O) groups is 1. The Hall–Kier alpha value is -1.94. The normalized spacial score (nSPS) is 9.94. The van der Waals surface area contributed by atoms with Gasteiger partial charge in [0, 0.05) is 12.4 Å². The molecule has 0 saturated carbocycles. The number of anilines is 1. The highest BCUT2D eigenvalue weighted by Crippen LogP contribution is 2.07. The number of pyridine rings is 2. The number of halogens is 1. The van der Waals surface area contributed by atoms with Crippen LogP contribution in [0.1, 0.15) is 16.1 Å². The molecule has 0 unspecified atom stereocenters. The van der Waals surface area contributed by atoms with E-state index < -0.39 is 0 Å². The second kappa shape index (κ2) is 5.41. The molecular formula is C12H10ClN3O. The summed E-state index contributed by atoms with van der Waals surface area (Å²) in [6.07, 6.45) is 4.73. The quantitative estimate of drug-likeness (QED) is 0.848. The van der Waals surface area contributed by atoms with Gasteiger partial charge in [-0.25, -0.2) is 0 Å². The third kappa shape index (κ3) is 3.01. The molecule has 0 atom stereocenters. The predicted octanol–water partition coefficient (Wildman–Crippen LogP) is 2.47. The maximum Gasteiger partial charge on any atom is 0.257 e. The van der Waals surface area contributed by atoms with Gasteiger partial charge in [0.2, 0.25) is 0 Å². The molecule has 5 heteroatoms. The molecule has 0 saturated heterocycles. The molecule has 0 fully saturated rings. The molecule has 2 rings (SSSR count). The van der Waals surface area contributed by atoms with Gasteiger partial charge in [-0.05, 0) is 24.3 Å². The number of aromatic nitrogens is 2. The van der Waals surface area contributed by atoms with Crippen molar-refractivity contribution >= 4 is 23.2 Å². The monoisotopic (exact) mass is 247 g/mol. The molecule has 0 radical (unpaired) electrons. The van der Waals surface area contributed by atoms with Gasteiger partial charge in [0.25, 0.3) is 5.91 Å². The van der Waals surface area contributed by atoms with Crippen molar-refractivity contribution in [3.63, 3.8) is 0 Å². The molecule has 0 aliphatic heterocycles. The minimum absolute atomic E-state index is 0.216. The summed E-state index contributed by atoms with van der Waals surface area (Å²) in [7, 11) is 0. The number of hydrogen-bond donors (Lipinski definition) is 1. The zero-order valence-corrected chi connectivity index (χ0v) is 9.69. The molecule has 17 heavy (non-hydrogen) atoms. The smallest absolute Gasteiger partial charge is 0.257 e. The molecule has 2 aromatic heterocycles. The number of carbonyl (C=O) groups excluding carboxylic acids is 1. The van der Waals surface area contributed by atoms with E-state index in [1.165, 1.54) is 6.20 Å². The van der Waals surface area contributed by atoms with E-state index in [4.69, 9.17) is 11.6 Å². The van der Waals surface area contributed by atoms with Crippen LogP contribution in [0.15, 0.2) is 42.9 Å². The van der Waals surface area contributed by atoms with Crippen LogP contribution >= 0.6 is 11.6 Å². The van der Waals surface area contributed by atoms with Crippen LogP contribution in [0.3, 0.4) is 0 Å². The van der Waals surface area contributed by atoms with E-state index in [9.17, 15) is 4.79 Å². The van der Waals surface area contributed by atoms with Crippen molar-refractivity contribution in [2.24, 2.45) is 0 Å². The summed E-state index contributed by atoms with van der Waals surface area (Å²) >= 11 is 5.62. The van der Waals surface area contributed by atoms with E-state index in [-0.39, 0.29) is 5.91 Å². The van der Waals surface area contributed by atoms with Crippen LogP contribution < -0.4 is 5.32 Å². The third-order valence-electron chi connectivity index (χ3n) is 2.14. The van der Waals surface area contributed by atoms with Gasteiger partial charge < -0.3 is 5.32 Å². The average molecular weight is 248 g/mol. The van der Waals surface area contributed by atoms with Gasteiger partial charge in [0.05, 0.1) is 29.0 Å². The van der Waals surface area contributed by atoms with Crippen LogP contribution in [0.4, 0.5) is 5.69 Å². The summed E-state index contributed by atoms with van der Waals surface area (Å²) in [5, 5.41) is 2.72. The Labute approximate surface area is 104 Å². The topological polar surface area (TPSA) is 54.9 Å². The van der Waals surface area contributed by atoms with Crippen molar-refractivity contribution in [1.82, 2.24) is 9.97 Å². The van der Waals surface area contributed by atoms with Crippen LogP contribution in [0.5, 0.6) is 0 Å².